The molecule has 0 atom stereocenters. The van der Waals surface area contributed by atoms with Gasteiger partial charge in [0.25, 0.3) is 5.56 Å². The largest absolute Gasteiger partial charge is 0.493 e. The molecule has 0 aliphatic heterocycles. The quantitative estimate of drug-likeness (QED) is 0.301. The van der Waals surface area contributed by atoms with Crippen LogP contribution < -0.4 is 10.9 Å². The number of furan rings is 1. The van der Waals surface area contributed by atoms with Crippen LogP contribution in [-0.4, -0.2) is 39.3 Å². The van der Waals surface area contributed by atoms with Crippen LogP contribution in [0.15, 0.2) is 44.2 Å². The minimum absolute atomic E-state index is 0.0946. The molecular weight excluding hydrogens is 406 g/mol. The molecule has 0 aliphatic rings. The number of hydrogen-bond acceptors (Lipinski definition) is 9. The molecule has 146 valence electrons. The summed E-state index contributed by atoms with van der Waals surface area (Å²) in [6, 6.07) is 4.33. The zero-order chi connectivity index (χ0) is 20.1. The van der Waals surface area contributed by atoms with E-state index in [9.17, 15) is 19.5 Å². The van der Waals surface area contributed by atoms with Gasteiger partial charge in [-0.1, -0.05) is 11.8 Å². The lowest BCUT2D eigenvalue weighted by Gasteiger charge is -2.07. The molecule has 0 spiro atoms. The first-order valence-electron chi connectivity index (χ1n) is 8.03. The van der Waals surface area contributed by atoms with Crippen LogP contribution in [0.3, 0.4) is 0 Å². The highest BCUT2D eigenvalue weighted by Gasteiger charge is 2.24. The van der Waals surface area contributed by atoms with Crippen molar-refractivity contribution in [2.45, 2.75) is 12.1 Å². The summed E-state index contributed by atoms with van der Waals surface area (Å²) in [7, 11) is 0. The number of anilines is 1. The third-order valence-electron chi connectivity index (χ3n) is 3.36. The molecule has 3 heterocycles. The van der Waals surface area contributed by atoms with Gasteiger partial charge in [0.15, 0.2) is 5.16 Å². The number of ether oxygens (including phenoxy) is 1. The summed E-state index contributed by atoms with van der Waals surface area (Å²) in [5.74, 6) is -1.04. The van der Waals surface area contributed by atoms with Gasteiger partial charge in [0.1, 0.15) is 16.3 Å². The Balaban J connectivity index is 1.76. The Morgan fingerprint density at radius 1 is 1.46 bits per heavy atom. The second-order valence-corrected chi connectivity index (χ2v) is 7.14. The first-order chi connectivity index (χ1) is 13.5. The topological polar surface area (TPSA) is 135 Å². The van der Waals surface area contributed by atoms with Gasteiger partial charge >= 0.3 is 5.97 Å². The maximum atomic E-state index is 12.4. The fourth-order valence-electron chi connectivity index (χ4n) is 2.26. The van der Waals surface area contributed by atoms with E-state index in [4.69, 9.17) is 9.15 Å². The van der Waals surface area contributed by atoms with Gasteiger partial charge in [-0.25, -0.2) is 4.79 Å². The van der Waals surface area contributed by atoms with E-state index in [1.165, 1.54) is 17.6 Å². The number of nitrogens with zero attached hydrogens (tertiary/aromatic N) is 1. The van der Waals surface area contributed by atoms with Crippen molar-refractivity contribution in [3.63, 3.8) is 0 Å². The van der Waals surface area contributed by atoms with Crippen LogP contribution in [0.5, 0.6) is 5.88 Å². The number of carbonyl (C=O) groups is 2. The van der Waals surface area contributed by atoms with Gasteiger partial charge in [-0.05, 0) is 19.1 Å². The average Bonchev–Trinajstić information content (AvgIpc) is 3.29. The fraction of sp³-hybridized carbons (Fsp3) is 0.176. The Hall–Kier alpha value is -3.05. The van der Waals surface area contributed by atoms with Crippen molar-refractivity contribution in [1.82, 2.24) is 9.97 Å². The molecule has 3 aromatic rings. The molecule has 3 N–H and O–H groups in total. The predicted molar refractivity (Wildman–Crippen MR) is 104 cm³/mol. The fourth-order valence-corrected chi connectivity index (χ4v) is 3.88. The maximum absolute atomic E-state index is 12.4. The third-order valence-corrected chi connectivity index (χ3v) is 5.13. The highest BCUT2D eigenvalue weighted by Crippen LogP contribution is 2.36. The molecule has 0 bridgehead atoms. The number of carbonyl (C=O) groups excluding carboxylic acids is 2. The lowest BCUT2D eigenvalue weighted by Crippen LogP contribution is -2.17. The molecule has 1 amide bonds. The van der Waals surface area contributed by atoms with Crippen molar-refractivity contribution in [1.29, 1.82) is 0 Å². The zero-order valence-electron chi connectivity index (χ0n) is 14.6. The number of thioether (sulfide) groups is 1. The van der Waals surface area contributed by atoms with Gasteiger partial charge in [-0.15, -0.1) is 11.3 Å². The number of hydrogen-bond donors (Lipinski definition) is 3. The van der Waals surface area contributed by atoms with E-state index < -0.39 is 23.3 Å². The molecule has 3 rings (SSSR count). The second kappa shape index (κ2) is 8.76. The molecule has 0 fully saturated rings. The Bertz CT molecular complexity index is 1040. The summed E-state index contributed by atoms with van der Waals surface area (Å²) >= 11 is 2.10. The highest BCUT2D eigenvalue weighted by molar-refractivity contribution is 7.99. The summed E-state index contributed by atoms with van der Waals surface area (Å²) in [5, 5.41) is 14.1. The van der Waals surface area contributed by atoms with Crippen molar-refractivity contribution < 1.29 is 23.8 Å². The molecule has 28 heavy (non-hydrogen) atoms. The smallest absolute Gasteiger partial charge is 0.341 e. The molecule has 0 aromatic carbocycles. The number of thiophene rings is 1. The van der Waals surface area contributed by atoms with Crippen molar-refractivity contribution >= 4 is 40.0 Å². The van der Waals surface area contributed by atoms with Crippen LogP contribution in [0.1, 0.15) is 17.3 Å². The van der Waals surface area contributed by atoms with Crippen molar-refractivity contribution in [2.24, 2.45) is 0 Å². The molecule has 0 aliphatic carbocycles. The molecular formula is C17H15N3O6S2. The van der Waals surface area contributed by atoms with Gasteiger partial charge < -0.3 is 24.6 Å². The van der Waals surface area contributed by atoms with E-state index in [-0.39, 0.29) is 23.1 Å². The summed E-state index contributed by atoms with van der Waals surface area (Å²) in [5.41, 5.74) is 0.209. The van der Waals surface area contributed by atoms with Gasteiger partial charge in [-0.3, -0.25) is 9.59 Å². The van der Waals surface area contributed by atoms with Gasteiger partial charge in [-0.2, -0.15) is 4.98 Å². The summed E-state index contributed by atoms with van der Waals surface area (Å²) in [6.07, 6.45) is 1.49. The van der Waals surface area contributed by atoms with Gasteiger partial charge in [0.2, 0.25) is 11.8 Å². The number of H-pyrrole nitrogens is 1. The lowest BCUT2D eigenvalue weighted by atomic mass is 10.1. The zero-order valence-corrected chi connectivity index (χ0v) is 16.2. The minimum atomic E-state index is -0.572. The van der Waals surface area contributed by atoms with Crippen molar-refractivity contribution in [2.75, 3.05) is 17.7 Å². The molecule has 0 saturated heterocycles. The summed E-state index contributed by atoms with van der Waals surface area (Å²) in [6.45, 7) is 1.88. The first kappa shape index (κ1) is 19.7. The number of aromatic amines is 1. The Morgan fingerprint density at radius 3 is 2.96 bits per heavy atom. The third kappa shape index (κ3) is 4.61. The van der Waals surface area contributed by atoms with Crippen LogP contribution >= 0.6 is 23.1 Å². The van der Waals surface area contributed by atoms with E-state index in [0.717, 1.165) is 17.8 Å². The number of esters is 1. The molecule has 11 heteroatoms. The van der Waals surface area contributed by atoms with Gasteiger partial charge in [0, 0.05) is 10.9 Å². The van der Waals surface area contributed by atoms with Crippen LogP contribution in [-0.2, 0) is 9.53 Å². The monoisotopic (exact) mass is 421 g/mol. The van der Waals surface area contributed by atoms with E-state index in [2.05, 4.69) is 15.3 Å². The average molecular weight is 421 g/mol. The molecule has 0 radical (unpaired) electrons. The molecule has 0 saturated carbocycles. The normalized spacial score (nSPS) is 10.6. The number of aromatic hydroxyl groups is 1. The number of aromatic nitrogens is 2. The van der Waals surface area contributed by atoms with Crippen molar-refractivity contribution in [3.05, 3.63) is 45.8 Å². The number of nitrogens with one attached hydrogen (secondary N) is 2. The highest BCUT2D eigenvalue weighted by atomic mass is 32.2. The van der Waals surface area contributed by atoms with Gasteiger partial charge in [0.05, 0.1) is 24.7 Å². The standard InChI is InChI=1S/C17H15N3O6S2/c1-2-25-16(24)14-9(10-4-3-5-26-10)7-27-15(14)18-13(23)8-28-17-19-11(21)6-12(22)20-17/h3-7H,2,8H2,1H3,(H,18,23)(H2,19,20,21,22). The minimum Gasteiger partial charge on any atom is -0.493 e. The number of rotatable bonds is 7. The van der Waals surface area contributed by atoms with Crippen LogP contribution in [0.4, 0.5) is 5.00 Å². The van der Waals surface area contributed by atoms with Crippen LogP contribution in [0, 0.1) is 0 Å². The Kier molecular flexibility index (Phi) is 6.16. The van der Waals surface area contributed by atoms with Crippen molar-refractivity contribution in [3.8, 4) is 17.2 Å². The SMILES string of the molecule is CCOC(=O)c1c(-c2ccco2)csc1NC(=O)CSc1nc(O)cc(=O)[nH]1. The lowest BCUT2D eigenvalue weighted by molar-refractivity contribution is -0.113. The maximum Gasteiger partial charge on any atom is 0.341 e. The van der Waals surface area contributed by atoms with Crippen LogP contribution in [0.25, 0.3) is 11.3 Å². The Morgan fingerprint density at radius 2 is 2.29 bits per heavy atom. The summed E-state index contributed by atoms with van der Waals surface area (Å²) in [4.78, 5) is 42.1. The number of amides is 1. The van der Waals surface area contributed by atoms with E-state index in [1.54, 1.807) is 24.4 Å². The summed E-state index contributed by atoms with van der Waals surface area (Å²) < 4.78 is 10.4. The van der Waals surface area contributed by atoms with Crippen LogP contribution in [0.2, 0.25) is 0 Å². The Labute approximate surface area is 166 Å². The first-order valence-corrected chi connectivity index (χ1v) is 9.90. The molecule has 0 unspecified atom stereocenters. The predicted octanol–water partition coefficient (Wildman–Crippen LogP) is 2.70. The molecule has 3 aromatic heterocycles. The van der Waals surface area contributed by atoms with E-state index in [0.29, 0.717) is 16.3 Å². The molecule has 9 nitrogen and oxygen atoms in total. The van der Waals surface area contributed by atoms with E-state index >= 15 is 0 Å². The second-order valence-electron chi connectivity index (χ2n) is 5.30. The van der Waals surface area contributed by atoms with E-state index in [1.807, 2.05) is 0 Å².